The van der Waals surface area contributed by atoms with E-state index in [0.29, 0.717) is 24.6 Å². The van der Waals surface area contributed by atoms with E-state index in [1.807, 2.05) is 56.3 Å². The molecular weight excluding hydrogens is 386 g/mol. The number of morpholine rings is 1. The molecule has 4 aromatic rings. The summed E-state index contributed by atoms with van der Waals surface area (Å²) in [5.41, 5.74) is 2.18. The first-order chi connectivity index (χ1) is 13.9. The van der Waals surface area contributed by atoms with Crippen LogP contribution in [-0.2, 0) is 11.8 Å². The number of pyridine rings is 2. The van der Waals surface area contributed by atoms with Gasteiger partial charge in [-0.3, -0.25) is 9.48 Å². The van der Waals surface area contributed by atoms with Crippen molar-refractivity contribution in [3.05, 3.63) is 41.5 Å². The second-order valence-electron chi connectivity index (χ2n) is 7.98. The Morgan fingerprint density at radius 1 is 1.24 bits per heavy atom. The Morgan fingerprint density at radius 2 is 2.10 bits per heavy atom. The fourth-order valence-corrected chi connectivity index (χ4v) is 4.70. The lowest BCUT2D eigenvalue weighted by Crippen LogP contribution is -2.50. The summed E-state index contributed by atoms with van der Waals surface area (Å²) in [7, 11) is 1.88. The minimum Gasteiger partial charge on any atom is -0.372 e. The van der Waals surface area contributed by atoms with Gasteiger partial charge in [-0.2, -0.15) is 5.10 Å². The normalized spacial score (nSPS) is 16.6. The summed E-state index contributed by atoms with van der Waals surface area (Å²) < 4.78 is 7.47. The molecule has 148 valence electrons. The highest BCUT2D eigenvalue weighted by atomic mass is 32.1. The molecule has 1 aliphatic heterocycles. The van der Waals surface area contributed by atoms with Crippen LogP contribution < -0.4 is 0 Å². The van der Waals surface area contributed by atoms with Crippen LogP contribution in [-0.4, -0.2) is 55.9 Å². The minimum atomic E-state index is -0.312. The summed E-state index contributed by atoms with van der Waals surface area (Å²) in [6.45, 7) is 5.80. The number of rotatable bonds is 2. The summed E-state index contributed by atoms with van der Waals surface area (Å²) in [6.07, 6.45) is 3.73. The van der Waals surface area contributed by atoms with E-state index >= 15 is 0 Å². The zero-order valence-electron chi connectivity index (χ0n) is 16.5. The number of fused-ring (bicyclic) bond motifs is 2. The van der Waals surface area contributed by atoms with Gasteiger partial charge in [0, 0.05) is 48.9 Å². The lowest BCUT2D eigenvalue weighted by Gasteiger charge is -2.37. The molecule has 0 radical (unpaired) electrons. The van der Waals surface area contributed by atoms with E-state index in [9.17, 15) is 4.79 Å². The third-order valence-electron chi connectivity index (χ3n) is 5.08. The molecule has 0 spiro atoms. The lowest BCUT2D eigenvalue weighted by atomic mass is 10.1. The van der Waals surface area contributed by atoms with Crippen LogP contribution in [0, 0.1) is 0 Å². The Bertz CT molecular complexity index is 1240. The number of carbonyl (C=O) groups is 1. The van der Waals surface area contributed by atoms with Gasteiger partial charge >= 0.3 is 0 Å². The van der Waals surface area contributed by atoms with E-state index in [1.54, 1.807) is 10.9 Å². The predicted octanol–water partition coefficient (Wildman–Crippen LogP) is 3.50. The highest BCUT2D eigenvalue weighted by Gasteiger charge is 2.31. The van der Waals surface area contributed by atoms with Crippen LogP contribution in [0.1, 0.15) is 23.5 Å². The summed E-state index contributed by atoms with van der Waals surface area (Å²) in [6, 6.07) is 7.96. The molecule has 7 nitrogen and oxygen atoms in total. The molecule has 1 fully saturated rings. The van der Waals surface area contributed by atoms with Crippen LogP contribution in [0.3, 0.4) is 0 Å². The van der Waals surface area contributed by atoms with Crippen molar-refractivity contribution in [3.8, 4) is 11.3 Å². The maximum Gasteiger partial charge on any atom is 0.264 e. The van der Waals surface area contributed by atoms with Crippen molar-refractivity contribution in [2.45, 2.75) is 19.4 Å². The van der Waals surface area contributed by atoms with E-state index in [2.05, 4.69) is 10.1 Å². The monoisotopic (exact) mass is 407 g/mol. The van der Waals surface area contributed by atoms with Crippen LogP contribution in [0.5, 0.6) is 0 Å². The summed E-state index contributed by atoms with van der Waals surface area (Å²) in [5.74, 6) is 0.0457. The zero-order chi connectivity index (χ0) is 20.2. The molecule has 5 heterocycles. The maximum absolute atomic E-state index is 13.0. The number of ether oxygens (including phenoxy) is 1. The Morgan fingerprint density at radius 3 is 2.93 bits per heavy atom. The minimum absolute atomic E-state index is 0.0457. The maximum atomic E-state index is 13.0. The van der Waals surface area contributed by atoms with E-state index < -0.39 is 0 Å². The zero-order valence-corrected chi connectivity index (χ0v) is 17.4. The Labute approximate surface area is 171 Å². The standard InChI is InChI=1S/C21H21N5O2S/c1-21(2)12-26(6-7-28-21)20(27)17-9-13-4-5-16(23-19(13)29-17)14-8-15-11-25(3)24-18(15)22-10-14/h4-5,8-11H,6-7,12H2,1-3H3. The van der Waals surface area contributed by atoms with Crippen LogP contribution in [0.25, 0.3) is 32.5 Å². The number of hydrogen-bond acceptors (Lipinski definition) is 6. The molecule has 0 bridgehead atoms. The van der Waals surface area contributed by atoms with Gasteiger partial charge in [-0.05, 0) is 38.1 Å². The number of amides is 1. The Kier molecular flexibility index (Phi) is 4.15. The van der Waals surface area contributed by atoms with Gasteiger partial charge in [-0.1, -0.05) is 0 Å². The second kappa shape index (κ2) is 6.60. The molecule has 29 heavy (non-hydrogen) atoms. The van der Waals surface area contributed by atoms with Crippen molar-refractivity contribution in [2.24, 2.45) is 7.05 Å². The van der Waals surface area contributed by atoms with Crippen molar-refractivity contribution in [1.82, 2.24) is 24.6 Å². The van der Waals surface area contributed by atoms with Crippen molar-refractivity contribution in [3.63, 3.8) is 0 Å². The quantitative estimate of drug-likeness (QED) is 0.509. The predicted molar refractivity (Wildman–Crippen MR) is 113 cm³/mol. The van der Waals surface area contributed by atoms with E-state index in [0.717, 1.165) is 32.5 Å². The number of aryl methyl sites for hydroxylation is 1. The topological polar surface area (TPSA) is 73.1 Å². The van der Waals surface area contributed by atoms with Crippen molar-refractivity contribution < 1.29 is 9.53 Å². The number of nitrogens with zero attached hydrogens (tertiary/aromatic N) is 5. The largest absolute Gasteiger partial charge is 0.372 e. The van der Waals surface area contributed by atoms with Gasteiger partial charge in [-0.15, -0.1) is 11.3 Å². The van der Waals surface area contributed by atoms with Gasteiger partial charge in [0.2, 0.25) is 0 Å². The van der Waals surface area contributed by atoms with Crippen molar-refractivity contribution in [2.75, 3.05) is 19.7 Å². The molecule has 0 aliphatic carbocycles. The fourth-order valence-electron chi connectivity index (χ4n) is 3.70. The number of aromatic nitrogens is 4. The summed E-state index contributed by atoms with van der Waals surface area (Å²) in [4.78, 5) is 25.6. The first-order valence-electron chi connectivity index (χ1n) is 9.52. The first kappa shape index (κ1) is 18.2. The van der Waals surface area contributed by atoms with E-state index in [1.165, 1.54) is 11.3 Å². The Hall–Kier alpha value is -2.84. The van der Waals surface area contributed by atoms with Crippen LogP contribution in [0.2, 0.25) is 0 Å². The van der Waals surface area contributed by atoms with Gasteiger partial charge in [-0.25, -0.2) is 9.97 Å². The Balaban J connectivity index is 1.47. The van der Waals surface area contributed by atoms with Crippen LogP contribution >= 0.6 is 11.3 Å². The fraction of sp³-hybridized carbons (Fsp3) is 0.333. The highest BCUT2D eigenvalue weighted by Crippen LogP contribution is 2.30. The molecule has 4 aromatic heterocycles. The van der Waals surface area contributed by atoms with Crippen molar-refractivity contribution in [1.29, 1.82) is 0 Å². The molecule has 0 saturated carbocycles. The van der Waals surface area contributed by atoms with E-state index in [4.69, 9.17) is 9.72 Å². The van der Waals surface area contributed by atoms with Crippen molar-refractivity contribution >= 4 is 38.5 Å². The molecule has 0 aromatic carbocycles. The van der Waals surface area contributed by atoms with Gasteiger partial charge in [0.05, 0.1) is 22.8 Å². The van der Waals surface area contributed by atoms with Gasteiger partial charge < -0.3 is 9.64 Å². The number of thiophene rings is 1. The summed E-state index contributed by atoms with van der Waals surface area (Å²) in [5, 5.41) is 6.26. The highest BCUT2D eigenvalue weighted by molar-refractivity contribution is 7.20. The molecule has 1 saturated heterocycles. The average molecular weight is 407 g/mol. The SMILES string of the molecule is Cn1cc2cc(-c3ccc4cc(C(=O)N5CCOC(C)(C)C5)sc4n3)cnc2n1. The lowest BCUT2D eigenvalue weighted by molar-refractivity contribution is -0.0763. The smallest absolute Gasteiger partial charge is 0.264 e. The van der Waals surface area contributed by atoms with E-state index in [-0.39, 0.29) is 11.5 Å². The molecule has 1 aliphatic rings. The molecule has 0 N–H and O–H groups in total. The van der Waals surface area contributed by atoms with Crippen LogP contribution in [0.4, 0.5) is 0 Å². The third kappa shape index (κ3) is 3.38. The number of hydrogen-bond donors (Lipinski definition) is 0. The summed E-state index contributed by atoms with van der Waals surface area (Å²) >= 11 is 1.44. The molecule has 5 rings (SSSR count). The van der Waals surface area contributed by atoms with Gasteiger partial charge in [0.1, 0.15) is 4.83 Å². The second-order valence-corrected chi connectivity index (χ2v) is 9.01. The molecule has 0 unspecified atom stereocenters. The first-order valence-corrected chi connectivity index (χ1v) is 10.3. The average Bonchev–Trinajstić information content (AvgIpc) is 3.27. The molecule has 8 heteroatoms. The molecular formula is C21H21N5O2S. The third-order valence-corrected chi connectivity index (χ3v) is 6.11. The van der Waals surface area contributed by atoms with Gasteiger partial charge in [0.15, 0.2) is 5.65 Å². The molecule has 0 atom stereocenters. The number of carbonyl (C=O) groups excluding carboxylic acids is 1. The molecule has 1 amide bonds. The van der Waals surface area contributed by atoms with Gasteiger partial charge in [0.25, 0.3) is 5.91 Å². The van der Waals surface area contributed by atoms with Crippen LogP contribution in [0.15, 0.2) is 36.7 Å².